The molecule has 1 heterocycles. The third-order valence-corrected chi connectivity index (χ3v) is 6.66. The molecule has 0 unspecified atom stereocenters. The number of nitrogens with zero attached hydrogens (tertiary/aromatic N) is 1. The third kappa shape index (κ3) is 5.28. The number of carbonyl (C=O) groups excluding carboxylic acids is 1. The van der Waals surface area contributed by atoms with Crippen molar-refractivity contribution in [3.8, 4) is 0 Å². The van der Waals surface area contributed by atoms with E-state index < -0.39 is 16.1 Å². The molecule has 6 heteroatoms. The highest BCUT2D eigenvalue weighted by molar-refractivity contribution is 7.89. The van der Waals surface area contributed by atoms with Crippen LogP contribution in [0, 0.1) is 0 Å². The van der Waals surface area contributed by atoms with Gasteiger partial charge in [0.2, 0.25) is 15.9 Å². The van der Waals surface area contributed by atoms with Gasteiger partial charge in [-0.15, -0.1) is 0 Å². The highest BCUT2D eigenvalue weighted by Gasteiger charge is 2.39. The first kappa shape index (κ1) is 19.9. The zero-order chi connectivity index (χ0) is 18.3. The van der Waals surface area contributed by atoms with Crippen LogP contribution in [0.1, 0.15) is 58.8 Å². The molecule has 25 heavy (non-hydrogen) atoms. The molecule has 1 fully saturated rings. The minimum absolute atomic E-state index is 0.0752. The molecule has 1 aliphatic rings. The third-order valence-electron chi connectivity index (χ3n) is 4.74. The molecule has 1 aromatic rings. The fourth-order valence-electron chi connectivity index (χ4n) is 3.31. The Hall–Kier alpha value is -1.40. The lowest BCUT2D eigenvalue weighted by molar-refractivity contribution is -0.124. The number of rotatable bonds is 9. The maximum Gasteiger partial charge on any atom is 0.243 e. The lowest BCUT2D eigenvalue weighted by atomic mass is 10.1. The Kier molecular flexibility index (Phi) is 7.44. The van der Waals surface area contributed by atoms with Crippen LogP contribution in [0.15, 0.2) is 35.2 Å². The summed E-state index contributed by atoms with van der Waals surface area (Å²) in [7, 11) is -3.62. The normalized spacial score (nSPS) is 19.7. The highest BCUT2D eigenvalue weighted by atomic mass is 32.2. The van der Waals surface area contributed by atoms with Gasteiger partial charge in [-0.25, -0.2) is 8.42 Å². The van der Waals surface area contributed by atoms with E-state index >= 15 is 0 Å². The fourth-order valence-corrected chi connectivity index (χ4v) is 4.98. The Morgan fingerprint density at radius 3 is 2.64 bits per heavy atom. The van der Waals surface area contributed by atoms with Crippen molar-refractivity contribution in [2.24, 2.45) is 0 Å². The molecule has 1 amide bonds. The lowest BCUT2D eigenvalue weighted by Crippen LogP contribution is -2.48. The summed E-state index contributed by atoms with van der Waals surface area (Å²) in [6.07, 6.45) is 6.90. The second-order valence-corrected chi connectivity index (χ2v) is 8.74. The molecule has 2 atom stereocenters. The second-order valence-electron chi connectivity index (χ2n) is 6.85. The van der Waals surface area contributed by atoms with Crippen LogP contribution in [0.25, 0.3) is 0 Å². The van der Waals surface area contributed by atoms with Gasteiger partial charge in [0, 0.05) is 12.6 Å². The van der Waals surface area contributed by atoms with Crippen molar-refractivity contribution in [1.82, 2.24) is 9.62 Å². The number of sulfonamides is 1. The molecule has 5 nitrogen and oxygen atoms in total. The maximum absolute atomic E-state index is 12.8. The Balaban J connectivity index is 1.97. The van der Waals surface area contributed by atoms with Crippen molar-refractivity contribution in [2.75, 3.05) is 6.54 Å². The van der Waals surface area contributed by atoms with Crippen molar-refractivity contribution < 1.29 is 13.2 Å². The van der Waals surface area contributed by atoms with Gasteiger partial charge in [0.25, 0.3) is 0 Å². The van der Waals surface area contributed by atoms with Crippen LogP contribution in [-0.4, -0.2) is 37.3 Å². The quantitative estimate of drug-likeness (QED) is 0.682. The van der Waals surface area contributed by atoms with Crippen LogP contribution in [0.4, 0.5) is 0 Å². The van der Waals surface area contributed by atoms with Gasteiger partial charge >= 0.3 is 0 Å². The number of unbranched alkanes of at least 4 members (excludes halogenated alkanes) is 3. The van der Waals surface area contributed by atoms with Crippen molar-refractivity contribution in [2.45, 2.75) is 75.8 Å². The van der Waals surface area contributed by atoms with E-state index in [1.165, 1.54) is 23.6 Å². The van der Waals surface area contributed by atoms with Gasteiger partial charge in [-0.1, -0.05) is 50.8 Å². The molecule has 0 aliphatic carbocycles. The van der Waals surface area contributed by atoms with Gasteiger partial charge in [0.1, 0.15) is 6.04 Å². The van der Waals surface area contributed by atoms with Crippen molar-refractivity contribution in [3.05, 3.63) is 30.3 Å². The summed E-state index contributed by atoms with van der Waals surface area (Å²) in [4.78, 5) is 12.9. The molecule has 2 rings (SSSR count). The standard InChI is InChI=1S/C19H30N2O3S/c1-3-4-5-7-11-16(2)20-19(22)18-14-10-15-21(18)25(23,24)17-12-8-6-9-13-17/h6,8-9,12-13,16,18H,3-5,7,10-11,14-15H2,1-2H3,(H,20,22)/t16-,18+/m0/s1. The summed E-state index contributed by atoms with van der Waals surface area (Å²) in [5, 5.41) is 3.01. The van der Waals surface area contributed by atoms with Crippen molar-refractivity contribution in [3.63, 3.8) is 0 Å². The van der Waals surface area contributed by atoms with Crippen LogP contribution in [0.2, 0.25) is 0 Å². The van der Waals surface area contributed by atoms with Gasteiger partial charge in [-0.2, -0.15) is 4.31 Å². The van der Waals surface area contributed by atoms with E-state index in [1.807, 2.05) is 6.92 Å². The van der Waals surface area contributed by atoms with E-state index in [0.717, 1.165) is 19.3 Å². The van der Waals surface area contributed by atoms with Gasteiger partial charge in [0.05, 0.1) is 4.90 Å². The average Bonchev–Trinajstić information content (AvgIpc) is 3.10. The molecular weight excluding hydrogens is 336 g/mol. The Bertz CT molecular complexity index is 646. The van der Waals surface area contributed by atoms with Gasteiger partial charge in [0.15, 0.2) is 0 Å². The number of hydrogen-bond donors (Lipinski definition) is 1. The minimum Gasteiger partial charge on any atom is -0.352 e. The SMILES string of the molecule is CCCCCC[C@H](C)NC(=O)[C@H]1CCCN1S(=O)(=O)c1ccccc1. The van der Waals surface area contributed by atoms with Gasteiger partial charge in [-0.05, 0) is 38.3 Å². The Morgan fingerprint density at radius 1 is 1.24 bits per heavy atom. The molecule has 0 aromatic heterocycles. The zero-order valence-corrected chi connectivity index (χ0v) is 16.1. The summed E-state index contributed by atoms with van der Waals surface area (Å²) in [6.45, 7) is 4.57. The van der Waals surface area contributed by atoms with E-state index in [2.05, 4.69) is 12.2 Å². The molecular formula is C19H30N2O3S. The summed E-state index contributed by atoms with van der Waals surface area (Å²) in [5.41, 5.74) is 0. The summed E-state index contributed by atoms with van der Waals surface area (Å²) < 4.78 is 27.0. The molecule has 1 aliphatic heterocycles. The lowest BCUT2D eigenvalue weighted by Gasteiger charge is -2.25. The van der Waals surface area contributed by atoms with Gasteiger partial charge in [-0.3, -0.25) is 4.79 Å². The van der Waals surface area contributed by atoms with Gasteiger partial charge < -0.3 is 5.32 Å². The van der Waals surface area contributed by atoms with Crippen molar-refractivity contribution in [1.29, 1.82) is 0 Å². The monoisotopic (exact) mass is 366 g/mol. The zero-order valence-electron chi connectivity index (χ0n) is 15.3. The maximum atomic E-state index is 12.8. The predicted octanol–water partition coefficient (Wildman–Crippen LogP) is 3.31. The molecule has 1 aromatic carbocycles. The van der Waals surface area contributed by atoms with Crippen LogP contribution in [0.3, 0.4) is 0 Å². The average molecular weight is 367 g/mol. The Labute approximate surface area is 151 Å². The first-order valence-electron chi connectivity index (χ1n) is 9.34. The topological polar surface area (TPSA) is 66.5 Å². The highest BCUT2D eigenvalue weighted by Crippen LogP contribution is 2.26. The van der Waals surface area contributed by atoms with E-state index in [1.54, 1.807) is 30.3 Å². The first-order chi connectivity index (χ1) is 12.0. The molecule has 0 radical (unpaired) electrons. The van der Waals surface area contributed by atoms with Crippen LogP contribution in [-0.2, 0) is 14.8 Å². The first-order valence-corrected chi connectivity index (χ1v) is 10.8. The van der Waals surface area contributed by atoms with E-state index in [0.29, 0.717) is 13.0 Å². The number of nitrogens with one attached hydrogen (secondary N) is 1. The molecule has 1 saturated heterocycles. The van der Waals surface area contributed by atoms with E-state index in [4.69, 9.17) is 0 Å². The molecule has 1 N–H and O–H groups in total. The summed E-state index contributed by atoms with van der Waals surface area (Å²) >= 11 is 0. The minimum atomic E-state index is -3.62. The molecule has 0 saturated carbocycles. The van der Waals surface area contributed by atoms with Crippen LogP contribution < -0.4 is 5.32 Å². The van der Waals surface area contributed by atoms with Crippen molar-refractivity contribution >= 4 is 15.9 Å². The number of amides is 1. The summed E-state index contributed by atoms with van der Waals surface area (Å²) in [5.74, 6) is -0.167. The predicted molar refractivity (Wildman–Crippen MR) is 99.7 cm³/mol. The summed E-state index contributed by atoms with van der Waals surface area (Å²) in [6, 6.07) is 7.84. The number of carbonyl (C=O) groups is 1. The van der Waals surface area contributed by atoms with Crippen LogP contribution in [0.5, 0.6) is 0 Å². The van der Waals surface area contributed by atoms with Crippen LogP contribution >= 0.6 is 0 Å². The Morgan fingerprint density at radius 2 is 1.96 bits per heavy atom. The number of benzene rings is 1. The molecule has 0 spiro atoms. The largest absolute Gasteiger partial charge is 0.352 e. The molecule has 0 bridgehead atoms. The molecule has 140 valence electrons. The number of hydrogen-bond acceptors (Lipinski definition) is 3. The smallest absolute Gasteiger partial charge is 0.243 e. The van der Waals surface area contributed by atoms with E-state index in [-0.39, 0.29) is 16.8 Å². The second kappa shape index (κ2) is 9.34. The fraction of sp³-hybridized carbons (Fsp3) is 0.632. The van der Waals surface area contributed by atoms with E-state index in [9.17, 15) is 13.2 Å².